The van der Waals surface area contributed by atoms with E-state index in [0.717, 1.165) is 17.5 Å². The van der Waals surface area contributed by atoms with Crippen LogP contribution in [-0.2, 0) is 24.5 Å². The highest BCUT2D eigenvalue weighted by atomic mass is 19.4. The minimum absolute atomic E-state index is 0.0296. The monoisotopic (exact) mass is 418 g/mol. The largest absolute Gasteiger partial charge is 0.444 e. The molecule has 1 aromatic heterocycles. The van der Waals surface area contributed by atoms with Crippen molar-refractivity contribution in [2.45, 2.75) is 58.0 Å². The van der Waals surface area contributed by atoms with Gasteiger partial charge in [0, 0.05) is 51.5 Å². The van der Waals surface area contributed by atoms with Crippen LogP contribution >= 0.6 is 0 Å². The lowest BCUT2D eigenvalue weighted by Crippen LogP contribution is -2.53. The molecule has 2 rings (SSSR count). The molecule has 1 aliphatic heterocycles. The number of likely N-dealkylation sites (tertiary alicyclic amines) is 1. The van der Waals surface area contributed by atoms with Gasteiger partial charge in [-0.05, 0) is 33.6 Å². The van der Waals surface area contributed by atoms with Crippen LogP contribution in [0.4, 0.5) is 18.0 Å². The minimum Gasteiger partial charge on any atom is -0.444 e. The van der Waals surface area contributed by atoms with Crippen LogP contribution in [0.2, 0.25) is 0 Å². The number of nitrogens with zero attached hydrogens (tertiary/aromatic N) is 4. The summed E-state index contributed by atoms with van der Waals surface area (Å²) in [6.45, 7) is 6.38. The molecule has 1 saturated heterocycles. The molecule has 29 heavy (non-hydrogen) atoms. The number of aliphatic imine (C=N–C) groups is 1. The number of piperidine rings is 1. The molecule has 0 aromatic carbocycles. The van der Waals surface area contributed by atoms with Crippen molar-refractivity contribution in [1.29, 1.82) is 0 Å². The average Bonchev–Trinajstić information content (AvgIpc) is 2.98. The normalized spacial score (nSPS) is 18.6. The molecule has 11 heteroatoms. The number of ether oxygens (including phenoxy) is 1. The zero-order valence-corrected chi connectivity index (χ0v) is 17.4. The predicted octanol–water partition coefficient (Wildman–Crippen LogP) is 2.50. The number of aromatic nitrogens is 2. The van der Waals surface area contributed by atoms with Crippen molar-refractivity contribution in [3.05, 3.63) is 17.5 Å². The number of amides is 1. The molecular weight excluding hydrogens is 389 g/mol. The Morgan fingerprint density at radius 3 is 2.66 bits per heavy atom. The molecule has 1 aromatic rings. The fourth-order valence-corrected chi connectivity index (χ4v) is 3.06. The summed E-state index contributed by atoms with van der Waals surface area (Å²) in [4.78, 5) is 18.0. The SMILES string of the molecule is CN=C(NCc1cn(C)nc1C(F)(F)F)NC1CCCN(C(=O)OC(C)(C)C)C1. The highest BCUT2D eigenvalue weighted by Crippen LogP contribution is 2.30. The zero-order chi connectivity index (χ0) is 21.8. The lowest BCUT2D eigenvalue weighted by Gasteiger charge is -2.35. The summed E-state index contributed by atoms with van der Waals surface area (Å²) < 4.78 is 45.8. The Bertz CT molecular complexity index is 739. The van der Waals surface area contributed by atoms with E-state index >= 15 is 0 Å². The van der Waals surface area contributed by atoms with E-state index in [9.17, 15) is 18.0 Å². The van der Waals surface area contributed by atoms with Crippen molar-refractivity contribution in [2.75, 3.05) is 20.1 Å². The summed E-state index contributed by atoms with van der Waals surface area (Å²) in [7, 11) is 2.98. The van der Waals surface area contributed by atoms with Gasteiger partial charge in [-0.1, -0.05) is 0 Å². The summed E-state index contributed by atoms with van der Waals surface area (Å²) in [5.41, 5.74) is -1.46. The molecule has 0 aliphatic carbocycles. The number of guanidine groups is 1. The van der Waals surface area contributed by atoms with Gasteiger partial charge in [-0.2, -0.15) is 18.3 Å². The zero-order valence-electron chi connectivity index (χ0n) is 17.4. The first-order valence-electron chi connectivity index (χ1n) is 9.44. The fourth-order valence-electron chi connectivity index (χ4n) is 3.06. The van der Waals surface area contributed by atoms with Crippen molar-refractivity contribution in [3.63, 3.8) is 0 Å². The second kappa shape index (κ2) is 8.91. The highest BCUT2D eigenvalue weighted by Gasteiger charge is 2.37. The second-order valence-electron chi connectivity index (χ2n) is 8.01. The molecule has 8 nitrogen and oxygen atoms in total. The van der Waals surface area contributed by atoms with Gasteiger partial charge in [-0.15, -0.1) is 0 Å². The average molecular weight is 418 g/mol. The van der Waals surface area contributed by atoms with Crippen LogP contribution in [0.15, 0.2) is 11.2 Å². The number of carbonyl (C=O) groups is 1. The van der Waals surface area contributed by atoms with E-state index in [1.807, 2.05) is 20.8 Å². The predicted molar refractivity (Wildman–Crippen MR) is 102 cm³/mol. The van der Waals surface area contributed by atoms with Crippen LogP contribution in [0.1, 0.15) is 44.9 Å². The van der Waals surface area contributed by atoms with Gasteiger partial charge in [0.25, 0.3) is 0 Å². The maximum absolute atomic E-state index is 13.1. The van der Waals surface area contributed by atoms with Gasteiger partial charge < -0.3 is 20.3 Å². The molecule has 1 atom stereocenters. The van der Waals surface area contributed by atoms with Crippen LogP contribution < -0.4 is 10.6 Å². The van der Waals surface area contributed by atoms with Crippen molar-refractivity contribution >= 4 is 12.1 Å². The molecule has 0 spiro atoms. The molecule has 1 amide bonds. The maximum Gasteiger partial charge on any atom is 0.435 e. The van der Waals surface area contributed by atoms with E-state index in [1.54, 1.807) is 4.90 Å². The minimum atomic E-state index is -4.52. The number of nitrogens with one attached hydrogen (secondary N) is 2. The van der Waals surface area contributed by atoms with Crippen molar-refractivity contribution in [3.8, 4) is 0 Å². The Morgan fingerprint density at radius 1 is 1.38 bits per heavy atom. The molecule has 2 N–H and O–H groups in total. The number of hydrogen-bond acceptors (Lipinski definition) is 4. The molecule has 2 heterocycles. The van der Waals surface area contributed by atoms with Crippen molar-refractivity contribution in [1.82, 2.24) is 25.3 Å². The molecule has 0 saturated carbocycles. The van der Waals surface area contributed by atoms with E-state index in [2.05, 4.69) is 20.7 Å². The topological polar surface area (TPSA) is 83.8 Å². The smallest absolute Gasteiger partial charge is 0.435 e. The van der Waals surface area contributed by atoms with Crippen molar-refractivity contribution < 1.29 is 22.7 Å². The first kappa shape index (κ1) is 22.8. The third-order valence-electron chi connectivity index (χ3n) is 4.26. The maximum atomic E-state index is 13.1. The van der Waals surface area contributed by atoms with Crippen LogP contribution in [0.25, 0.3) is 0 Å². The van der Waals surface area contributed by atoms with Gasteiger partial charge in [0.05, 0.1) is 0 Å². The van der Waals surface area contributed by atoms with Gasteiger partial charge >= 0.3 is 12.3 Å². The third kappa shape index (κ3) is 6.82. The first-order valence-corrected chi connectivity index (χ1v) is 9.44. The first-order chi connectivity index (χ1) is 13.4. The molecule has 164 valence electrons. The molecular formula is C18H29F3N6O2. The lowest BCUT2D eigenvalue weighted by molar-refractivity contribution is -0.142. The third-order valence-corrected chi connectivity index (χ3v) is 4.26. The van der Waals surface area contributed by atoms with Gasteiger partial charge in [0.15, 0.2) is 11.7 Å². The van der Waals surface area contributed by atoms with E-state index in [1.165, 1.54) is 20.3 Å². The van der Waals surface area contributed by atoms with Gasteiger partial charge in [-0.25, -0.2) is 4.79 Å². The molecule has 1 fully saturated rings. The van der Waals surface area contributed by atoms with E-state index in [-0.39, 0.29) is 24.2 Å². The number of aryl methyl sites for hydroxylation is 1. The van der Waals surface area contributed by atoms with Crippen molar-refractivity contribution in [2.24, 2.45) is 12.0 Å². The summed E-state index contributed by atoms with van der Waals surface area (Å²) >= 11 is 0. The lowest BCUT2D eigenvalue weighted by atomic mass is 10.1. The van der Waals surface area contributed by atoms with E-state index in [4.69, 9.17) is 4.74 Å². The van der Waals surface area contributed by atoms with Gasteiger partial charge in [0.2, 0.25) is 0 Å². The Balaban J connectivity index is 1.94. The van der Waals surface area contributed by atoms with Crippen LogP contribution in [0.5, 0.6) is 0 Å². The highest BCUT2D eigenvalue weighted by molar-refractivity contribution is 5.80. The Morgan fingerprint density at radius 2 is 2.07 bits per heavy atom. The number of alkyl halides is 3. The Kier molecular flexibility index (Phi) is 7.02. The fraction of sp³-hybridized carbons (Fsp3) is 0.722. The summed E-state index contributed by atoms with van der Waals surface area (Å²) in [5.74, 6) is 0.359. The summed E-state index contributed by atoms with van der Waals surface area (Å²) in [6, 6.07) is -0.0848. The number of rotatable bonds is 3. The van der Waals surface area contributed by atoms with Gasteiger partial charge in [0.1, 0.15) is 5.60 Å². The number of carbonyl (C=O) groups excluding carboxylic acids is 1. The standard InChI is InChI=1S/C18H29F3N6O2/c1-17(2,3)29-16(28)27-8-6-7-13(11-27)24-15(22-4)23-9-12-10-26(5)25-14(12)18(19,20)21/h10,13H,6-9,11H2,1-5H3,(H2,22,23,24). The quantitative estimate of drug-likeness (QED) is 0.582. The van der Waals surface area contributed by atoms with Crippen LogP contribution in [0.3, 0.4) is 0 Å². The van der Waals surface area contributed by atoms with E-state index in [0.29, 0.717) is 19.0 Å². The molecule has 1 aliphatic rings. The van der Waals surface area contributed by atoms with E-state index < -0.39 is 17.5 Å². The Hall–Kier alpha value is -2.46. The molecule has 0 bridgehead atoms. The second-order valence-corrected chi connectivity index (χ2v) is 8.01. The summed E-state index contributed by atoms with van der Waals surface area (Å²) in [5, 5.41) is 9.55. The van der Waals surface area contributed by atoms with Gasteiger partial charge in [-0.3, -0.25) is 9.67 Å². The van der Waals surface area contributed by atoms with Crippen LogP contribution in [0, 0.1) is 0 Å². The summed E-state index contributed by atoms with van der Waals surface area (Å²) in [6.07, 6.45) is -1.98. The number of hydrogen-bond donors (Lipinski definition) is 2. The van der Waals surface area contributed by atoms with Crippen LogP contribution in [-0.4, -0.2) is 58.5 Å². The molecule has 0 radical (unpaired) electrons. The Labute approximate surface area is 168 Å². The number of halogens is 3. The molecule has 1 unspecified atom stereocenters.